The Balaban J connectivity index is 1.36. The molecule has 3 saturated heterocycles. The first kappa shape index (κ1) is 21.4. The Labute approximate surface area is 190 Å². The van der Waals surface area contributed by atoms with E-state index in [-0.39, 0.29) is 11.8 Å². The topological polar surface area (TPSA) is 76.6 Å². The molecule has 3 aliphatic heterocycles. The number of carboxylic acids is 1. The maximum absolute atomic E-state index is 13.4. The van der Waals surface area contributed by atoms with E-state index in [1.807, 2.05) is 0 Å². The Kier molecular flexibility index (Phi) is 5.64. The molecule has 2 N–H and O–H groups in total. The number of piperidine rings is 3. The molecule has 4 aliphatic rings. The molecular weight excluding hydrogens is 402 g/mol. The first-order valence-corrected chi connectivity index (χ1v) is 12.3. The summed E-state index contributed by atoms with van der Waals surface area (Å²) in [7, 11) is 0. The zero-order valence-electron chi connectivity index (χ0n) is 19.2. The van der Waals surface area contributed by atoms with Gasteiger partial charge >= 0.3 is 5.97 Å². The van der Waals surface area contributed by atoms with Crippen LogP contribution in [0.3, 0.4) is 0 Å². The largest absolute Gasteiger partial charge is 0.481 e. The summed E-state index contributed by atoms with van der Waals surface area (Å²) in [6.45, 7) is 5.88. The molecule has 1 aromatic heterocycles. The van der Waals surface area contributed by atoms with Crippen LogP contribution < -0.4 is 4.90 Å². The van der Waals surface area contributed by atoms with Gasteiger partial charge in [-0.25, -0.2) is 0 Å². The lowest BCUT2D eigenvalue weighted by molar-refractivity contribution is -0.147. The molecule has 32 heavy (non-hydrogen) atoms. The lowest BCUT2D eigenvalue weighted by Crippen LogP contribution is -2.58. The number of aromatic nitrogens is 1. The number of hydrogen-bond acceptors (Lipinski definition) is 3. The smallest absolute Gasteiger partial charge is 0.306 e. The van der Waals surface area contributed by atoms with E-state index in [2.05, 4.69) is 53.0 Å². The summed E-state index contributed by atoms with van der Waals surface area (Å²) in [5.41, 5.74) is 3.44. The van der Waals surface area contributed by atoms with Crippen LogP contribution in [0.15, 0.2) is 24.4 Å². The number of carboxylic acid groups (broad SMARTS) is 1. The van der Waals surface area contributed by atoms with Gasteiger partial charge in [0.15, 0.2) is 0 Å². The maximum Gasteiger partial charge on any atom is 0.306 e. The van der Waals surface area contributed by atoms with Crippen molar-refractivity contribution in [3.8, 4) is 0 Å². The number of aliphatic carboxylic acids is 1. The summed E-state index contributed by atoms with van der Waals surface area (Å²) in [4.78, 5) is 32.7. The van der Waals surface area contributed by atoms with Crippen LogP contribution in [0.25, 0.3) is 10.9 Å². The number of H-pyrrole nitrogens is 1. The van der Waals surface area contributed by atoms with Crippen molar-refractivity contribution in [3.05, 3.63) is 30.0 Å². The van der Waals surface area contributed by atoms with Crippen LogP contribution in [0.5, 0.6) is 0 Å². The Hall–Kier alpha value is -2.50. The van der Waals surface area contributed by atoms with Crippen molar-refractivity contribution >= 4 is 28.5 Å². The zero-order chi connectivity index (χ0) is 22.4. The Morgan fingerprint density at radius 3 is 2.62 bits per heavy atom. The highest BCUT2D eigenvalue weighted by Gasteiger charge is 2.45. The Morgan fingerprint density at radius 2 is 1.94 bits per heavy atom. The van der Waals surface area contributed by atoms with E-state index >= 15 is 0 Å². The van der Waals surface area contributed by atoms with Crippen molar-refractivity contribution in [2.45, 2.75) is 76.8 Å². The number of hydrogen-bond donors (Lipinski definition) is 2. The van der Waals surface area contributed by atoms with Crippen LogP contribution in [0.1, 0.15) is 70.3 Å². The second-order valence-corrected chi connectivity index (χ2v) is 10.2. The fraction of sp³-hybridized carbons (Fsp3) is 0.615. The molecule has 1 aliphatic carbocycles. The molecule has 2 atom stereocenters. The van der Waals surface area contributed by atoms with Crippen LogP contribution >= 0.6 is 0 Å². The van der Waals surface area contributed by atoms with E-state index in [0.717, 1.165) is 36.6 Å². The van der Waals surface area contributed by atoms with E-state index in [4.69, 9.17) is 0 Å². The third-order valence-electron chi connectivity index (χ3n) is 8.27. The second kappa shape index (κ2) is 8.45. The molecule has 6 heteroatoms. The van der Waals surface area contributed by atoms with Gasteiger partial charge in [-0.15, -0.1) is 0 Å². The van der Waals surface area contributed by atoms with Crippen molar-refractivity contribution in [1.29, 1.82) is 0 Å². The van der Waals surface area contributed by atoms with Gasteiger partial charge in [0.25, 0.3) is 0 Å². The van der Waals surface area contributed by atoms with Crippen LogP contribution in [-0.4, -0.2) is 52.0 Å². The predicted molar refractivity (Wildman–Crippen MR) is 126 cm³/mol. The monoisotopic (exact) mass is 437 g/mol. The van der Waals surface area contributed by atoms with Gasteiger partial charge in [0, 0.05) is 54.4 Å². The summed E-state index contributed by atoms with van der Waals surface area (Å²) in [6.07, 6.45) is 8.58. The standard InChI is InChI=1S/C26H35N3O3/c1-3-19-12-17-13-20(14-17)29(19)24(30)11-16(2)21-15-27-22-5-4-6-23(25(21)22)28-9-7-18(8-10-28)26(31)32/h4-6,15-20,27H,3,7-14H2,1-2H3,(H,31,32). The molecule has 1 amide bonds. The fourth-order valence-corrected chi connectivity index (χ4v) is 6.38. The van der Waals surface area contributed by atoms with Crippen molar-refractivity contribution in [2.24, 2.45) is 11.8 Å². The van der Waals surface area contributed by atoms with Crippen molar-refractivity contribution < 1.29 is 14.7 Å². The van der Waals surface area contributed by atoms with Gasteiger partial charge in [-0.05, 0) is 68.1 Å². The van der Waals surface area contributed by atoms with Gasteiger partial charge in [-0.1, -0.05) is 19.9 Å². The number of carbonyl (C=O) groups is 2. The van der Waals surface area contributed by atoms with Crippen LogP contribution in [0.4, 0.5) is 5.69 Å². The normalized spacial score (nSPS) is 26.8. The number of carbonyl (C=O) groups excluding carboxylic acids is 1. The van der Waals surface area contributed by atoms with Gasteiger partial charge in [0.2, 0.25) is 5.91 Å². The summed E-state index contributed by atoms with van der Waals surface area (Å²) in [5, 5.41) is 10.5. The number of rotatable bonds is 6. The number of benzene rings is 1. The minimum atomic E-state index is -0.682. The molecule has 1 saturated carbocycles. The molecule has 2 aromatic rings. The molecule has 6 rings (SSSR count). The molecule has 2 unspecified atom stereocenters. The number of amides is 1. The molecule has 0 spiro atoms. The summed E-state index contributed by atoms with van der Waals surface area (Å²) >= 11 is 0. The van der Waals surface area contributed by atoms with Crippen LogP contribution in [0, 0.1) is 11.8 Å². The van der Waals surface area contributed by atoms with Crippen LogP contribution in [0.2, 0.25) is 0 Å². The predicted octanol–water partition coefficient (Wildman–Crippen LogP) is 4.75. The SMILES string of the molecule is CCC1CC2CC(C2)N1C(=O)CC(C)c1c[nH]c2cccc(N3CCC(C(=O)O)CC3)c12. The van der Waals surface area contributed by atoms with Crippen molar-refractivity contribution in [1.82, 2.24) is 9.88 Å². The fourth-order valence-electron chi connectivity index (χ4n) is 6.38. The minimum Gasteiger partial charge on any atom is -0.481 e. The number of anilines is 1. The Morgan fingerprint density at radius 1 is 1.19 bits per heavy atom. The van der Waals surface area contributed by atoms with Gasteiger partial charge in [0.1, 0.15) is 0 Å². The number of aromatic amines is 1. The number of fused-ring (bicyclic) bond motifs is 3. The van der Waals surface area contributed by atoms with Crippen molar-refractivity contribution in [2.75, 3.05) is 18.0 Å². The maximum atomic E-state index is 13.4. The van der Waals surface area contributed by atoms with Crippen molar-refractivity contribution in [3.63, 3.8) is 0 Å². The summed E-state index contributed by atoms with van der Waals surface area (Å²) in [5.74, 6) is 0.354. The van der Waals surface area contributed by atoms with Gasteiger partial charge in [-0.2, -0.15) is 0 Å². The highest BCUT2D eigenvalue weighted by atomic mass is 16.4. The van der Waals surface area contributed by atoms with Gasteiger partial charge in [0.05, 0.1) is 5.92 Å². The number of nitrogens with zero attached hydrogens (tertiary/aromatic N) is 2. The lowest BCUT2D eigenvalue weighted by Gasteiger charge is -2.54. The third-order valence-corrected chi connectivity index (χ3v) is 8.27. The van der Waals surface area contributed by atoms with E-state index in [9.17, 15) is 14.7 Å². The molecule has 172 valence electrons. The first-order valence-electron chi connectivity index (χ1n) is 12.3. The molecule has 1 aromatic carbocycles. The van der Waals surface area contributed by atoms with E-state index in [0.29, 0.717) is 37.3 Å². The molecule has 4 fully saturated rings. The molecule has 6 nitrogen and oxygen atoms in total. The first-order chi connectivity index (χ1) is 15.5. The average molecular weight is 438 g/mol. The summed E-state index contributed by atoms with van der Waals surface area (Å²) in [6, 6.07) is 7.17. The highest BCUT2D eigenvalue weighted by Crippen LogP contribution is 2.44. The average Bonchev–Trinajstić information content (AvgIpc) is 3.22. The summed E-state index contributed by atoms with van der Waals surface area (Å²) < 4.78 is 0. The Bertz CT molecular complexity index is 1000. The number of nitrogens with one attached hydrogen (secondary N) is 1. The third kappa shape index (κ3) is 3.67. The molecule has 2 bridgehead atoms. The second-order valence-electron chi connectivity index (χ2n) is 10.2. The molecular formula is C26H35N3O3. The minimum absolute atomic E-state index is 0.129. The lowest BCUT2D eigenvalue weighted by atomic mass is 9.70. The molecule has 0 radical (unpaired) electrons. The highest BCUT2D eigenvalue weighted by molar-refractivity contribution is 5.96. The van der Waals surface area contributed by atoms with E-state index in [1.165, 1.54) is 30.2 Å². The van der Waals surface area contributed by atoms with E-state index < -0.39 is 5.97 Å². The quantitative estimate of drug-likeness (QED) is 0.684. The van der Waals surface area contributed by atoms with Gasteiger partial charge in [-0.3, -0.25) is 9.59 Å². The molecule has 4 heterocycles. The van der Waals surface area contributed by atoms with E-state index in [1.54, 1.807) is 0 Å². The zero-order valence-corrected chi connectivity index (χ0v) is 19.2. The van der Waals surface area contributed by atoms with Crippen LogP contribution in [-0.2, 0) is 9.59 Å². The van der Waals surface area contributed by atoms with Gasteiger partial charge < -0.3 is 19.9 Å².